The van der Waals surface area contributed by atoms with Crippen LogP contribution in [0.3, 0.4) is 0 Å². The zero-order valence-electron chi connectivity index (χ0n) is 23.5. The van der Waals surface area contributed by atoms with Crippen LogP contribution in [0.15, 0.2) is 127 Å². The summed E-state index contributed by atoms with van der Waals surface area (Å²) in [6.45, 7) is 10.8. The molecule has 41 heavy (non-hydrogen) atoms. The third-order valence-corrected chi connectivity index (χ3v) is 8.38. The summed E-state index contributed by atoms with van der Waals surface area (Å²) in [5.74, 6) is 1.91. The van der Waals surface area contributed by atoms with E-state index in [0.717, 1.165) is 22.2 Å². The summed E-state index contributed by atoms with van der Waals surface area (Å²) in [6, 6.07) is 33.3. The average molecular weight is 531 g/mol. The van der Waals surface area contributed by atoms with Crippen LogP contribution in [0.2, 0.25) is 0 Å². The summed E-state index contributed by atoms with van der Waals surface area (Å²) in [5, 5.41) is 2.37. The van der Waals surface area contributed by atoms with Crippen molar-refractivity contribution in [3.05, 3.63) is 139 Å². The van der Waals surface area contributed by atoms with Crippen molar-refractivity contribution in [3.8, 4) is 28.7 Å². The lowest BCUT2D eigenvalue weighted by Crippen LogP contribution is -2.17. The first-order valence-electron chi connectivity index (χ1n) is 13.9. The van der Waals surface area contributed by atoms with Crippen molar-refractivity contribution in [3.63, 3.8) is 0 Å². The van der Waals surface area contributed by atoms with E-state index in [1.165, 1.54) is 33.0 Å². The molecule has 2 aromatic heterocycles. The molecule has 0 aliphatic heterocycles. The fraction of sp³-hybridized carbons (Fsp3) is 0.108. The van der Waals surface area contributed by atoms with E-state index in [1.54, 1.807) is 0 Å². The van der Waals surface area contributed by atoms with Crippen LogP contribution in [-0.4, -0.2) is 19.5 Å². The van der Waals surface area contributed by atoms with Gasteiger partial charge in [0.25, 0.3) is 0 Å². The summed E-state index contributed by atoms with van der Waals surface area (Å²) in [6.07, 6.45) is 6.04. The number of fused-ring (bicyclic) bond motifs is 5. The zero-order valence-corrected chi connectivity index (χ0v) is 23.5. The van der Waals surface area contributed by atoms with Gasteiger partial charge in [0.15, 0.2) is 11.6 Å². The standard InChI is InChI=1S/C37H30N4/c1-5-6-19-27-24(2)37(3,4)32-29(27)22-23-30-28-20-13-14-21-31(28)41(33(30)32)36-39-34(25-15-9-7-10-16-25)38-35(40-36)26-17-11-8-12-18-26/h5-23H,1H2,2-4H3/b19-6-. The number of benzene rings is 4. The van der Waals surface area contributed by atoms with Crippen LogP contribution in [0.5, 0.6) is 0 Å². The van der Waals surface area contributed by atoms with Gasteiger partial charge in [0.2, 0.25) is 5.95 Å². The van der Waals surface area contributed by atoms with Gasteiger partial charge in [-0.2, -0.15) is 9.97 Å². The fourth-order valence-corrected chi connectivity index (χ4v) is 6.13. The van der Waals surface area contributed by atoms with Gasteiger partial charge in [-0.05, 0) is 29.7 Å². The fourth-order valence-electron chi connectivity index (χ4n) is 6.13. The Kier molecular flexibility index (Phi) is 5.79. The molecule has 0 fully saturated rings. The number of hydrogen-bond donors (Lipinski definition) is 0. The van der Waals surface area contributed by atoms with Gasteiger partial charge in [-0.1, -0.05) is 135 Å². The van der Waals surface area contributed by atoms with Crippen LogP contribution in [0.25, 0.3) is 56.1 Å². The molecule has 0 radical (unpaired) electrons. The van der Waals surface area contributed by atoms with E-state index in [2.05, 4.69) is 74.4 Å². The Balaban J connectivity index is 1.61. The number of aromatic nitrogens is 4. The molecule has 7 rings (SSSR count). The van der Waals surface area contributed by atoms with Gasteiger partial charge in [0.1, 0.15) is 0 Å². The second-order valence-electron chi connectivity index (χ2n) is 11.0. The molecule has 0 saturated carbocycles. The van der Waals surface area contributed by atoms with E-state index >= 15 is 0 Å². The van der Waals surface area contributed by atoms with Crippen molar-refractivity contribution in [2.45, 2.75) is 26.2 Å². The highest BCUT2D eigenvalue weighted by atomic mass is 15.2. The molecular formula is C37H30N4. The first-order chi connectivity index (χ1) is 20.0. The number of para-hydroxylation sites is 1. The molecule has 4 nitrogen and oxygen atoms in total. The molecule has 198 valence electrons. The van der Waals surface area contributed by atoms with Crippen molar-refractivity contribution in [2.75, 3.05) is 0 Å². The Bertz CT molecular complexity index is 1970. The smallest absolute Gasteiger partial charge is 0.238 e. The lowest BCUT2D eigenvalue weighted by Gasteiger charge is -2.24. The van der Waals surface area contributed by atoms with E-state index in [9.17, 15) is 0 Å². The van der Waals surface area contributed by atoms with Gasteiger partial charge in [-0.25, -0.2) is 4.98 Å². The molecule has 6 aromatic rings. The minimum absolute atomic E-state index is 0.195. The Hall–Kier alpha value is -5.09. The first-order valence-corrected chi connectivity index (χ1v) is 13.9. The van der Waals surface area contributed by atoms with Crippen molar-refractivity contribution in [2.24, 2.45) is 0 Å². The summed E-state index contributed by atoms with van der Waals surface area (Å²) < 4.78 is 2.25. The minimum atomic E-state index is -0.195. The normalized spacial score (nSPS) is 14.3. The van der Waals surface area contributed by atoms with Crippen LogP contribution >= 0.6 is 0 Å². The molecule has 2 heterocycles. The van der Waals surface area contributed by atoms with Crippen molar-refractivity contribution < 1.29 is 0 Å². The van der Waals surface area contributed by atoms with Crippen molar-refractivity contribution in [1.82, 2.24) is 19.5 Å². The van der Waals surface area contributed by atoms with E-state index < -0.39 is 0 Å². The van der Waals surface area contributed by atoms with Gasteiger partial charge in [-0.3, -0.25) is 4.57 Å². The Labute approximate surface area is 240 Å². The number of rotatable bonds is 5. The molecule has 0 saturated heterocycles. The molecule has 0 unspecified atom stereocenters. The quantitative estimate of drug-likeness (QED) is 0.209. The highest BCUT2D eigenvalue weighted by Crippen LogP contribution is 2.51. The molecular weight excluding hydrogens is 500 g/mol. The monoisotopic (exact) mass is 530 g/mol. The number of nitrogens with zero attached hydrogens (tertiary/aromatic N) is 4. The topological polar surface area (TPSA) is 43.6 Å². The van der Waals surface area contributed by atoms with Gasteiger partial charge in [-0.15, -0.1) is 0 Å². The Morgan fingerprint density at radius 3 is 1.95 bits per heavy atom. The third kappa shape index (κ3) is 3.86. The van der Waals surface area contributed by atoms with Crippen LogP contribution in [-0.2, 0) is 5.41 Å². The lowest BCUT2D eigenvalue weighted by atomic mass is 9.81. The predicted octanol–water partition coefficient (Wildman–Crippen LogP) is 9.11. The van der Waals surface area contributed by atoms with Crippen LogP contribution in [0, 0.1) is 0 Å². The molecule has 4 aromatic carbocycles. The second kappa shape index (κ2) is 9.53. The van der Waals surface area contributed by atoms with E-state index in [0.29, 0.717) is 17.6 Å². The Morgan fingerprint density at radius 2 is 1.32 bits per heavy atom. The molecule has 0 N–H and O–H groups in total. The second-order valence-corrected chi connectivity index (χ2v) is 11.0. The largest absolute Gasteiger partial charge is 0.277 e. The number of hydrogen-bond acceptors (Lipinski definition) is 3. The maximum atomic E-state index is 5.13. The number of allylic oxidation sites excluding steroid dienone is 5. The van der Waals surface area contributed by atoms with Gasteiger partial charge < -0.3 is 0 Å². The predicted molar refractivity (Wildman–Crippen MR) is 170 cm³/mol. The Morgan fingerprint density at radius 1 is 0.707 bits per heavy atom. The van der Waals surface area contributed by atoms with Gasteiger partial charge in [0, 0.05) is 27.3 Å². The summed E-state index contributed by atoms with van der Waals surface area (Å²) >= 11 is 0. The molecule has 4 heteroatoms. The molecule has 0 spiro atoms. The molecule has 0 atom stereocenters. The highest BCUT2D eigenvalue weighted by Gasteiger charge is 2.38. The third-order valence-electron chi connectivity index (χ3n) is 8.38. The van der Waals surface area contributed by atoms with Crippen molar-refractivity contribution in [1.29, 1.82) is 0 Å². The summed E-state index contributed by atoms with van der Waals surface area (Å²) in [4.78, 5) is 15.2. The van der Waals surface area contributed by atoms with E-state index in [-0.39, 0.29) is 5.41 Å². The van der Waals surface area contributed by atoms with Crippen molar-refractivity contribution >= 4 is 27.4 Å². The molecule has 0 amide bonds. The molecule has 0 bridgehead atoms. The van der Waals surface area contributed by atoms with Gasteiger partial charge in [0.05, 0.1) is 11.0 Å². The molecule has 1 aliphatic rings. The maximum absolute atomic E-state index is 5.13. The SMILES string of the molecule is C=C/C=C\C1=C(C)C(C)(C)c2c1ccc1c3ccccc3n(-c3nc(-c4ccccc4)nc(-c4ccccc4)n3)c21. The van der Waals surface area contributed by atoms with Crippen LogP contribution in [0.1, 0.15) is 31.9 Å². The first kappa shape index (κ1) is 24.9. The lowest BCUT2D eigenvalue weighted by molar-refractivity contribution is 0.642. The van der Waals surface area contributed by atoms with E-state index in [4.69, 9.17) is 15.0 Å². The van der Waals surface area contributed by atoms with Gasteiger partial charge >= 0.3 is 0 Å². The minimum Gasteiger partial charge on any atom is -0.277 e. The average Bonchev–Trinajstić information content (AvgIpc) is 3.45. The highest BCUT2D eigenvalue weighted by molar-refractivity contribution is 6.12. The summed E-state index contributed by atoms with van der Waals surface area (Å²) in [5.41, 5.74) is 9.03. The molecule has 1 aliphatic carbocycles. The summed E-state index contributed by atoms with van der Waals surface area (Å²) in [7, 11) is 0. The van der Waals surface area contributed by atoms with Crippen LogP contribution in [0.4, 0.5) is 0 Å². The zero-order chi connectivity index (χ0) is 28.1. The van der Waals surface area contributed by atoms with E-state index in [1.807, 2.05) is 72.8 Å². The van der Waals surface area contributed by atoms with Crippen LogP contribution < -0.4 is 0 Å². The maximum Gasteiger partial charge on any atom is 0.238 e.